The fourth-order valence-electron chi connectivity index (χ4n) is 3.14. The molecule has 0 spiro atoms. The van der Waals surface area contributed by atoms with Crippen molar-refractivity contribution in [1.82, 2.24) is 20.3 Å². The number of amides is 2. The zero-order chi connectivity index (χ0) is 24.9. The van der Waals surface area contributed by atoms with Gasteiger partial charge in [-0.15, -0.1) is 0 Å². The van der Waals surface area contributed by atoms with Crippen LogP contribution in [0.4, 0.5) is 10.1 Å². The molecule has 11 heteroatoms. The maximum Gasteiger partial charge on any atom is 0.321 e. The molecule has 1 unspecified atom stereocenters. The molecule has 0 bridgehead atoms. The maximum atomic E-state index is 13.3. The summed E-state index contributed by atoms with van der Waals surface area (Å²) < 4.78 is 31.0. The number of nitrogens with zero attached hydrogens (tertiary/aromatic N) is 2. The van der Waals surface area contributed by atoms with Crippen LogP contribution in [-0.2, 0) is 11.2 Å². The van der Waals surface area contributed by atoms with Crippen LogP contribution < -0.4 is 15.4 Å². The number of aromatic amines is 1. The lowest BCUT2D eigenvalue weighted by molar-refractivity contribution is 0.0957. The van der Waals surface area contributed by atoms with E-state index in [0.29, 0.717) is 28.4 Å². The number of nitrogens with one attached hydrogen (secondary N) is 3. The van der Waals surface area contributed by atoms with Gasteiger partial charge in [0.1, 0.15) is 29.3 Å². The molecule has 0 saturated carbocycles. The van der Waals surface area contributed by atoms with Gasteiger partial charge in [0, 0.05) is 41.7 Å². The second-order valence-electron chi connectivity index (χ2n) is 7.26. The van der Waals surface area contributed by atoms with Crippen LogP contribution in [0.25, 0.3) is 11.3 Å². The highest BCUT2D eigenvalue weighted by Crippen LogP contribution is 2.26. The van der Waals surface area contributed by atoms with Crippen LogP contribution in [0.1, 0.15) is 21.0 Å². The molecule has 2 heterocycles. The van der Waals surface area contributed by atoms with Gasteiger partial charge in [0.25, 0.3) is 11.8 Å². The van der Waals surface area contributed by atoms with Gasteiger partial charge in [0.15, 0.2) is 5.69 Å². The van der Waals surface area contributed by atoms with Crippen molar-refractivity contribution in [1.29, 1.82) is 0 Å². The van der Waals surface area contributed by atoms with Crippen molar-refractivity contribution in [2.45, 2.75) is 5.16 Å². The number of carbonyl (C=O) groups excluding carboxylic acids is 2. The Morgan fingerprint density at radius 1 is 1.03 bits per heavy atom. The molecule has 35 heavy (non-hydrogen) atoms. The quantitative estimate of drug-likeness (QED) is 0.336. The Bertz CT molecular complexity index is 1360. The minimum atomic E-state index is -1.45. The zero-order valence-corrected chi connectivity index (χ0v) is 19.5. The van der Waals surface area contributed by atoms with E-state index in [-0.39, 0.29) is 22.5 Å². The van der Waals surface area contributed by atoms with E-state index in [4.69, 9.17) is 4.74 Å². The number of hydrogen-bond acceptors (Lipinski definition) is 6. The topological polar surface area (TPSA) is 132 Å². The van der Waals surface area contributed by atoms with E-state index in [1.54, 1.807) is 30.3 Å². The van der Waals surface area contributed by atoms with Gasteiger partial charge in [0.05, 0.1) is 5.69 Å². The fraction of sp³-hybridized carbons (Fsp3) is 0.0833. The minimum absolute atomic E-state index is 0.0284. The fourth-order valence-corrected chi connectivity index (χ4v) is 3.60. The Morgan fingerprint density at radius 2 is 1.74 bits per heavy atom. The number of carbonyl (C=O) groups is 2. The largest absolute Gasteiger partial charge is 0.609 e. The molecule has 9 nitrogen and oxygen atoms in total. The Balaban J connectivity index is 1.51. The number of halogens is 1. The Labute approximate surface area is 203 Å². The molecular weight excluding hydrogens is 473 g/mol. The average Bonchev–Trinajstić information content (AvgIpc) is 3.31. The Hall–Kier alpha value is -4.22. The average molecular weight is 494 g/mol. The summed E-state index contributed by atoms with van der Waals surface area (Å²) in [6, 6.07) is 15.2. The van der Waals surface area contributed by atoms with Gasteiger partial charge in [-0.1, -0.05) is 0 Å². The molecule has 4 rings (SSSR count). The smallest absolute Gasteiger partial charge is 0.321 e. The summed E-state index contributed by atoms with van der Waals surface area (Å²) in [6.07, 6.45) is 2.91. The third-order valence-electron chi connectivity index (χ3n) is 4.84. The van der Waals surface area contributed by atoms with Gasteiger partial charge < -0.3 is 19.9 Å². The van der Waals surface area contributed by atoms with Gasteiger partial charge in [-0.05, 0) is 54.6 Å². The van der Waals surface area contributed by atoms with Crippen LogP contribution in [0, 0.1) is 5.82 Å². The van der Waals surface area contributed by atoms with Crippen LogP contribution in [0.5, 0.6) is 11.5 Å². The van der Waals surface area contributed by atoms with Crippen molar-refractivity contribution in [2.24, 2.45) is 0 Å². The van der Waals surface area contributed by atoms with Crippen molar-refractivity contribution in [3.05, 3.63) is 84.1 Å². The molecule has 0 radical (unpaired) electrons. The molecule has 2 aromatic carbocycles. The van der Waals surface area contributed by atoms with Crippen LogP contribution >= 0.6 is 0 Å². The van der Waals surface area contributed by atoms with Crippen LogP contribution in [0.15, 0.2) is 72.0 Å². The Morgan fingerprint density at radius 3 is 2.40 bits per heavy atom. The normalized spacial score (nSPS) is 11.5. The van der Waals surface area contributed by atoms with E-state index in [1.165, 1.54) is 49.8 Å². The summed E-state index contributed by atoms with van der Waals surface area (Å²) >= 11 is -1.45. The first kappa shape index (κ1) is 23.9. The van der Waals surface area contributed by atoms with Gasteiger partial charge in [-0.25, -0.2) is 4.39 Å². The summed E-state index contributed by atoms with van der Waals surface area (Å²) in [4.78, 5) is 35.8. The number of H-pyrrole nitrogens is 1. The first-order chi connectivity index (χ1) is 16.8. The number of hydrogen-bond donors (Lipinski definition) is 3. The molecule has 1 atom stereocenters. The molecule has 4 aromatic rings. The number of ether oxygens (including phenoxy) is 1. The lowest BCUT2D eigenvalue weighted by Crippen LogP contribution is -2.18. The lowest BCUT2D eigenvalue weighted by Gasteiger charge is -2.09. The molecule has 2 amide bonds. The molecule has 178 valence electrons. The second-order valence-corrected chi connectivity index (χ2v) is 8.56. The van der Waals surface area contributed by atoms with Gasteiger partial charge in [-0.2, -0.15) is 4.98 Å². The predicted octanol–water partition coefficient (Wildman–Crippen LogP) is 3.75. The highest BCUT2D eigenvalue weighted by Gasteiger charge is 2.23. The standard InChI is InChI=1S/C24H20FN5O4S/c1-26-22(31)19-13-18(11-12-27-19)34-17-9-7-16(8-10-17)28-23(32)21-20(29-24(30-21)35(2)33)14-3-5-15(25)6-4-14/h3-13H,1-2H3,(H,26,31)(H,28,32)(H,29,30). The Kier molecular flexibility index (Phi) is 7.09. The first-order valence-corrected chi connectivity index (χ1v) is 11.9. The van der Waals surface area contributed by atoms with Gasteiger partial charge in [-0.3, -0.25) is 19.6 Å². The zero-order valence-electron chi connectivity index (χ0n) is 18.7. The van der Waals surface area contributed by atoms with E-state index < -0.39 is 22.9 Å². The van der Waals surface area contributed by atoms with Crippen molar-refractivity contribution in [3.8, 4) is 22.8 Å². The van der Waals surface area contributed by atoms with Crippen LogP contribution in [-0.4, -0.2) is 44.6 Å². The van der Waals surface area contributed by atoms with Gasteiger partial charge in [0.2, 0.25) is 0 Å². The number of aromatic nitrogens is 3. The summed E-state index contributed by atoms with van der Waals surface area (Å²) in [6.45, 7) is 0. The molecule has 0 saturated heterocycles. The number of anilines is 1. The summed E-state index contributed by atoms with van der Waals surface area (Å²) in [5.41, 5.74) is 1.57. The monoisotopic (exact) mass is 493 g/mol. The molecule has 0 aliphatic heterocycles. The summed E-state index contributed by atoms with van der Waals surface area (Å²) in [7, 11) is 1.51. The third-order valence-corrected chi connectivity index (χ3v) is 5.58. The van der Waals surface area contributed by atoms with Crippen molar-refractivity contribution in [3.63, 3.8) is 0 Å². The summed E-state index contributed by atoms with van der Waals surface area (Å²) in [5.74, 6) is -0.377. The first-order valence-electron chi connectivity index (χ1n) is 10.3. The van der Waals surface area contributed by atoms with E-state index in [1.807, 2.05) is 0 Å². The van der Waals surface area contributed by atoms with Crippen LogP contribution in [0.2, 0.25) is 0 Å². The van der Waals surface area contributed by atoms with Crippen molar-refractivity contribution in [2.75, 3.05) is 18.6 Å². The predicted molar refractivity (Wildman–Crippen MR) is 128 cm³/mol. The lowest BCUT2D eigenvalue weighted by atomic mass is 10.1. The second kappa shape index (κ2) is 10.4. The molecular formula is C24H20FN5O4S. The highest BCUT2D eigenvalue weighted by molar-refractivity contribution is 7.90. The number of pyridine rings is 1. The molecule has 0 aliphatic rings. The van der Waals surface area contributed by atoms with Crippen molar-refractivity contribution >= 4 is 28.7 Å². The van der Waals surface area contributed by atoms with E-state index in [9.17, 15) is 18.5 Å². The maximum absolute atomic E-state index is 13.3. The molecule has 3 N–H and O–H groups in total. The van der Waals surface area contributed by atoms with Crippen LogP contribution in [0.3, 0.4) is 0 Å². The van der Waals surface area contributed by atoms with E-state index in [2.05, 4.69) is 25.6 Å². The third kappa shape index (κ3) is 5.65. The summed E-state index contributed by atoms with van der Waals surface area (Å²) in [5, 5.41) is 5.37. The number of rotatable bonds is 7. The van der Waals surface area contributed by atoms with E-state index in [0.717, 1.165) is 0 Å². The van der Waals surface area contributed by atoms with E-state index >= 15 is 0 Å². The number of imidazole rings is 1. The minimum Gasteiger partial charge on any atom is -0.609 e. The SMILES string of the molecule is CNC(=O)c1cc(Oc2ccc(NC(=O)c3nc([S+](C)[O-])[nH]c3-c3ccc(F)cc3)cc2)ccn1. The number of benzene rings is 2. The molecule has 2 aromatic heterocycles. The molecule has 0 fully saturated rings. The molecule has 0 aliphatic carbocycles. The van der Waals surface area contributed by atoms with Crippen molar-refractivity contribution < 1.29 is 23.3 Å². The highest BCUT2D eigenvalue weighted by atomic mass is 32.2. The van der Waals surface area contributed by atoms with Gasteiger partial charge >= 0.3 is 5.16 Å².